The minimum atomic E-state index is 0.466. The highest BCUT2D eigenvalue weighted by Crippen LogP contribution is 2.20. The molecule has 0 spiro atoms. The maximum atomic E-state index is 4.71. The summed E-state index contributed by atoms with van der Waals surface area (Å²) >= 11 is 0. The molecule has 132 valence electrons. The van der Waals surface area contributed by atoms with Crippen molar-refractivity contribution in [1.82, 2.24) is 4.98 Å². The molecule has 0 saturated carbocycles. The van der Waals surface area contributed by atoms with E-state index in [9.17, 15) is 0 Å². The van der Waals surface area contributed by atoms with Crippen molar-refractivity contribution in [2.24, 2.45) is 11.8 Å². The second-order valence-electron chi connectivity index (χ2n) is 7.86. The van der Waals surface area contributed by atoms with Gasteiger partial charge in [-0.3, -0.25) is 0 Å². The predicted molar refractivity (Wildman–Crippen MR) is 103 cm³/mol. The van der Waals surface area contributed by atoms with Gasteiger partial charge in [-0.15, -0.1) is 0 Å². The minimum absolute atomic E-state index is 0.466. The molecule has 3 nitrogen and oxygen atoms in total. The molecule has 1 aromatic heterocycles. The van der Waals surface area contributed by atoms with Crippen molar-refractivity contribution in [3.05, 3.63) is 17.8 Å². The summed E-state index contributed by atoms with van der Waals surface area (Å²) in [4.78, 5) is 4.71. The minimum Gasteiger partial charge on any atom is -0.381 e. The van der Waals surface area contributed by atoms with E-state index in [0.29, 0.717) is 12.1 Å². The molecule has 23 heavy (non-hydrogen) atoms. The average Bonchev–Trinajstić information content (AvgIpc) is 2.46. The SMILES string of the molecule is Cc1nc(NC(C)CCC(C)C)ccc1NC(C)CCC(C)C. The van der Waals surface area contributed by atoms with E-state index in [1.54, 1.807) is 0 Å². The zero-order valence-electron chi connectivity index (χ0n) is 16.2. The standard InChI is InChI=1S/C20H37N3/c1-14(2)8-10-16(5)21-19-12-13-20(23-18(19)7)22-17(6)11-9-15(3)4/h12-17,21H,8-11H2,1-7H3,(H,22,23). The van der Waals surface area contributed by atoms with Gasteiger partial charge in [-0.05, 0) is 70.4 Å². The molecule has 0 radical (unpaired) electrons. The van der Waals surface area contributed by atoms with E-state index in [4.69, 9.17) is 4.98 Å². The van der Waals surface area contributed by atoms with Gasteiger partial charge in [0.15, 0.2) is 0 Å². The number of aromatic nitrogens is 1. The van der Waals surface area contributed by atoms with Crippen LogP contribution in [0.3, 0.4) is 0 Å². The second-order valence-corrected chi connectivity index (χ2v) is 7.86. The molecule has 0 saturated heterocycles. The van der Waals surface area contributed by atoms with Crippen LogP contribution in [0.5, 0.6) is 0 Å². The van der Waals surface area contributed by atoms with Crippen molar-refractivity contribution < 1.29 is 0 Å². The Kier molecular flexibility index (Phi) is 8.43. The number of anilines is 2. The van der Waals surface area contributed by atoms with Gasteiger partial charge in [0.1, 0.15) is 5.82 Å². The Morgan fingerprint density at radius 2 is 1.30 bits per heavy atom. The number of hydrogen-bond acceptors (Lipinski definition) is 3. The Balaban J connectivity index is 2.53. The van der Waals surface area contributed by atoms with Gasteiger partial charge < -0.3 is 10.6 Å². The molecule has 1 heterocycles. The van der Waals surface area contributed by atoms with E-state index < -0.39 is 0 Å². The van der Waals surface area contributed by atoms with Gasteiger partial charge in [-0.1, -0.05) is 27.7 Å². The molecule has 0 aliphatic carbocycles. The third-order valence-corrected chi connectivity index (χ3v) is 4.24. The van der Waals surface area contributed by atoms with E-state index in [1.807, 2.05) is 0 Å². The fraction of sp³-hybridized carbons (Fsp3) is 0.750. The first-order valence-electron chi connectivity index (χ1n) is 9.28. The molecule has 0 aromatic carbocycles. The molecule has 0 amide bonds. The lowest BCUT2D eigenvalue weighted by molar-refractivity contribution is 0.526. The Bertz CT molecular complexity index is 454. The van der Waals surface area contributed by atoms with Gasteiger partial charge in [0.25, 0.3) is 0 Å². The van der Waals surface area contributed by atoms with Gasteiger partial charge in [0.05, 0.1) is 11.4 Å². The maximum Gasteiger partial charge on any atom is 0.126 e. The van der Waals surface area contributed by atoms with Crippen LogP contribution in [0, 0.1) is 18.8 Å². The number of rotatable bonds is 10. The molecule has 0 fully saturated rings. The van der Waals surface area contributed by atoms with Crippen molar-refractivity contribution in [1.29, 1.82) is 0 Å². The number of nitrogens with one attached hydrogen (secondary N) is 2. The number of hydrogen-bond donors (Lipinski definition) is 2. The third-order valence-electron chi connectivity index (χ3n) is 4.24. The van der Waals surface area contributed by atoms with E-state index in [2.05, 4.69) is 71.2 Å². The molecule has 0 aliphatic rings. The molecular weight excluding hydrogens is 282 g/mol. The van der Waals surface area contributed by atoms with E-state index in [1.165, 1.54) is 25.7 Å². The summed E-state index contributed by atoms with van der Waals surface area (Å²) in [6.07, 6.45) is 4.89. The van der Waals surface area contributed by atoms with Gasteiger partial charge in [0, 0.05) is 12.1 Å². The molecular formula is C20H37N3. The first-order valence-corrected chi connectivity index (χ1v) is 9.28. The van der Waals surface area contributed by atoms with Crippen molar-refractivity contribution in [3.63, 3.8) is 0 Å². The molecule has 2 unspecified atom stereocenters. The number of pyridine rings is 1. The van der Waals surface area contributed by atoms with Crippen LogP contribution >= 0.6 is 0 Å². The molecule has 1 rings (SSSR count). The highest BCUT2D eigenvalue weighted by Gasteiger charge is 2.09. The summed E-state index contributed by atoms with van der Waals surface area (Å²) < 4.78 is 0. The molecule has 3 heteroatoms. The van der Waals surface area contributed by atoms with Gasteiger partial charge in [0.2, 0.25) is 0 Å². The van der Waals surface area contributed by atoms with Crippen molar-refractivity contribution in [2.75, 3.05) is 10.6 Å². The second kappa shape index (κ2) is 9.79. The molecule has 1 aromatic rings. The van der Waals surface area contributed by atoms with Gasteiger partial charge >= 0.3 is 0 Å². The quantitative estimate of drug-likeness (QED) is 0.567. The summed E-state index contributed by atoms with van der Waals surface area (Å²) in [5.74, 6) is 2.50. The van der Waals surface area contributed by atoms with Crippen LogP contribution in [0.4, 0.5) is 11.5 Å². The fourth-order valence-electron chi connectivity index (χ4n) is 2.62. The first kappa shape index (κ1) is 19.8. The van der Waals surface area contributed by atoms with Crippen LogP contribution in [0.15, 0.2) is 12.1 Å². The van der Waals surface area contributed by atoms with Crippen LogP contribution in [0.2, 0.25) is 0 Å². The molecule has 2 atom stereocenters. The lowest BCUT2D eigenvalue weighted by Crippen LogP contribution is -2.19. The van der Waals surface area contributed by atoms with E-state index in [-0.39, 0.29) is 0 Å². The Labute approximate surface area is 143 Å². The van der Waals surface area contributed by atoms with Crippen LogP contribution in [0.25, 0.3) is 0 Å². The smallest absolute Gasteiger partial charge is 0.126 e. The topological polar surface area (TPSA) is 37.0 Å². The monoisotopic (exact) mass is 319 g/mol. The van der Waals surface area contributed by atoms with Gasteiger partial charge in [-0.2, -0.15) is 0 Å². The van der Waals surface area contributed by atoms with Crippen LogP contribution in [0.1, 0.15) is 72.9 Å². The third kappa shape index (κ3) is 8.24. The summed E-state index contributed by atoms with van der Waals surface area (Å²) in [7, 11) is 0. The number of nitrogens with zero attached hydrogens (tertiary/aromatic N) is 1. The Morgan fingerprint density at radius 1 is 0.783 bits per heavy atom. The van der Waals surface area contributed by atoms with Crippen LogP contribution < -0.4 is 10.6 Å². The Hall–Kier alpha value is -1.25. The van der Waals surface area contributed by atoms with Crippen molar-refractivity contribution in [2.45, 2.75) is 86.2 Å². The summed E-state index contributed by atoms with van der Waals surface area (Å²) in [5.41, 5.74) is 2.23. The normalized spacial score (nSPS) is 14.1. The van der Waals surface area contributed by atoms with Gasteiger partial charge in [-0.25, -0.2) is 4.98 Å². The highest BCUT2D eigenvalue weighted by molar-refractivity contribution is 5.53. The van der Waals surface area contributed by atoms with Crippen LogP contribution in [-0.2, 0) is 0 Å². The maximum absolute atomic E-state index is 4.71. The largest absolute Gasteiger partial charge is 0.381 e. The molecule has 0 aliphatic heterocycles. The summed E-state index contributed by atoms with van der Waals surface area (Å²) in [6.45, 7) is 15.7. The highest BCUT2D eigenvalue weighted by atomic mass is 15.0. The van der Waals surface area contributed by atoms with E-state index >= 15 is 0 Å². The zero-order chi connectivity index (χ0) is 17.4. The van der Waals surface area contributed by atoms with Crippen molar-refractivity contribution >= 4 is 11.5 Å². The zero-order valence-corrected chi connectivity index (χ0v) is 16.2. The number of aryl methyl sites for hydroxylation is 1. The lowest BCUT2D eigenvalue weighted by Gasteiger charge is -2.19. The Morgan fingerprint density at radius 3 is 1.78 bits per heavy atom. The summed E-state index contributed by atoms with van der Waals surface area (Å²) in [5, 5.41) is 7.12. The lowest BCUT2D eigenvalue weighted by atomic mass is 10.0. The molecule has 2 N–H and O–H groups in total. The average molecular weight is 320 g/mol. The van der Waals surface area contributed by atoms with Crippen molar-refractivity contribution in [3.8, 4) is 0 Å². The fourth-order valence-corrected chi connectivity index (χ4v) is 2.62. The predicted octanol–water partition coefficient (Wildman–Crippen LogP) is 5.86. The summed E-state index contributed by atoms with van der Waals surface area (Å²) in [6, 6.07) is 5.21. The first-order chi connectivity index (χ1) is 10.8. The molecule has 0 bridgehead atoms. The van der Waals surface area contributed by atoms with E-state index in [0.717, 1.165) is 29.0 Å². The van der Waals surface area contributed by atoms with Crippen LogP contribution in [-0.4, -0.2) is 17.1 Å².